The maximum atomic E-state index is 13.6. The Hall–Kier alpha value is -2.15. The topological polar surface area (TPSA) is 86.8 Å². The van der Waals surface area contributed by atoms with Crippen LogP contribution in [0.1, 0.15) is 97.4 Å². The second-order valence-corrected chi connectivity index (χ2v) is 13.0. The van der Waals surface area contributed by atoms with Gasteiger partial charge in [0.05, 0.1) is 6.04 Å². The van der Waals surface area contributed by atoms with Gasteiger partial charge in [-0.05, 0) is 81.4 Å². The number of cyclic esters (lactones) is 1. The van der Waals surface area contributed by atoms with Crippen LogP contribution in [0.25, 0.3) is 0 Å². The van der Waals surface area contributed by atoms with Crippen molar-refractivity contribution in [1.82, 2.24) is 10.3 Å². The lowest BCUT2D eigenvalue weighted by molar-refractivity contribution is -0.170. The molecule has 1 aliphatic heterocycles. The number of fused-ring (bicyclic) bond motifs is 1. The summed E-state index contributed by atoms with van der Waals surface area (Å²) in [5.74, 6) is 0.181. The predicted octanol–water partition coefficient (Wildman–Crippen LogP) is 5.52. The second kappa shape index (κ2) is 9.96. The number of carbonyl (C=O) groups is 2. The molecule has 1 saturated heterocycles. The third kappa shape index (κ3) is 6.39. The number of carbonyl (C=O) groups excluding carboxylic acids is 2. The van der Waals surface area contributed by atoms with Gasteiger partial charge in [0.15, 0.2) is 5.60 Å². The fourth-order valence-corrected chi connectivity index (χ4v) is 5.72. The largest absolute Gasteiger partial charge is 0.444 e. The van der Waals surface area contributed by atoms with Gasteiger partial charge in [0.2, 0.25) is 5.79 Å². The van der Waals surface area contributed by atoms with Gasteiger partial charge in [-0.1, -0.05) is 33.1 Å². The van der Waals surface area contributed by atoms with Gasteiger partial charge in [-0.2, -0.15) is 0 Å². The van der Waals surface area contributed by atoms with E-state index in [4.69, 9.17) is 19.2 Å². The maximum Gasteiger partial charge on any atom is 0.407 e. The summed E-state index contributed by atoms with van der Waals surface area (Å²) < 4.78 is 17.7. The SMILES string of the molecule is CC(C)C[C@H](NC(=O)OC(C)(C)C)[C@@]1(Cc2nccc3c2C[C@@H](CCC2CC2)C3)OC(C)(C)OC1=O. The molecule has 2 fully saturated rings. The summed E-state index contributed by atoms with van der Waals surface area (Å²) in [6, 6.07) is 1.48. The monoisotopic (exact) mass is 500 g/mol. The number of ether oxygens (including phenoxy) is 3. The van der Waals surface area contributed by atoms with E-state index in [1.54, 1.807) is 13.8 Å². The summed E-state index contributed by atoms with van der Waals surface area (Å²) in [5, 5.41) is 2.98. The molecule has 2 aliphatic carbocycles. The van der Waals surface area contributed by atoms with Crippen molar-refractivity contribution in [2.75, 3.05) is 0 Å². The fraction of sp³-hybridized carbons (Fsp3) is 0.759. The number of esters is 1. The summed E-state index contributed by atoms with van der Waals surface area (Å²) >= 11 is 0. The lowest BCUT2D eigenvalue weighted by Gasteiger charge is -2.36. The molecule has 1 aromatic heterocycles. The molecule has 0 unspecified atom stereocenters. The number of amides is 1. The van der Waals surface area contributed by atoms with Gasteiger partial charge in [0.25, 0.3) is 0 Å². The van der Waals surface area contributed by atoms with Gasteiger partial charge in [0, 0.05) is 32.2 Å². The highest BCUT2D eigenvalue weighted by atomic mass is 16.8. The van der Waals surface area contributed by atoms with Crippen LogP contribution < -0.4 is 5.32 Å². The molecule has 200 valence electrons. The lowest BCUT2D eigenvalue weighted by atomic mass is 9.82. The average Bonchev–Trinajstić information content (AvgIpc) is 3.40. The van der Waals surface area contributed by atoms with Crippen molar-refractivity contribution >= 4 is 12.1 Å². The van der Waals surface area contributed by atoms with Crippen molar-refractivity contribution < 1.29 is 23.8 Å². The van der Waals surface area contributed by atoms with E-state index in [0.717, 1.165) is 24.5 Å². The highest BCUT2D eigenvalue weighted by Gasteiger charge is 2.59. The Morgan fingerprint density at radius 2 is 1.89 bits per heavy atom. The summed E-state index contributed by atoms with van der Waals surface area (Å²) in [6.07, 6.45) is 9.41. The van der Waals surface area contributed by atoms with E-state index < -0.39 is 35.1 Å². The Morgan fingerprint density at radius 1 is 1.19 bits per heavy atom. The molecule has 3 aliphatic rings. The van der Waals surface area contributed by atoms with Gasteiger partial charge in [-0.3, -0.25) is 4.98 Å². The molecule has 1 N–H and O–H groups in total. The molecule has 7 nitrogen and oxygen atoms in total. The van der Waals surface area contributed by atoms with E-state index in [2.05, 4.69) is 25.2 Å². The molecule has 1 saturated carbocycles. The van der Waals surface area contributed by atoms with Crippen LogP contribution in [0.15, 0.2) is 12.3 Å². The molecule has 1 amide bonds. The Bertz CT molecular complexity index is 978. The Labute approximate surface area is 216 Å². The second-order valence-electron chi connectivity index (χ2n) is 13.0. The molecular formula is C29H44N2O5. The maximum absolute atomic E-state index is 13.6. The molecular weight excluding hydrogens is 456 g/mol. The lowest BCUT2D eigenvalue weighted by Crippen LogP contribution is -2.59. The van der Waals surface area contributed by atoms with Crippen LogP contribution in [0.2, 0.25) is 0 Å². The fourth-order valence-electron chi connectivity index (χ4n) is 5.72. The summed E-state index contributed by atoms with van der Waals surface area (Å²) in [6.45, 7) is 13.1. The highest BCUT2D eigenvalue weighted by Crippen LogP contribution is 2.42. The van der Waals surface area contributed by atoms with E-state index in [-0.39, 0.29) is 12.3 Å². The Kier molecular flexibility index (Phi) is 7.44. The number of nitrogens with zero attached hydrogens (tertiary/aromatic N) is 1. The first-order valence-corrected chi connectivity index (χ1v) is 13.6. The van der Waals surface area contributed by atoms with Gasteiger partial charge < -0.3 is 19.5 Å². The van der Waals surface area contributed by atoms with Crippen molar-refractivity contribution in [3.8, 4) is 0 Å². The zero-order valence-electron chi connectivity index (χ0n) is 23.1. The quantitative estimate of drug-likeness (QED) is 0.450. The number of hydrogen-bond donors (Lipinski definition) is 1. The third-order valence-corrected chi connectivity index (χ3v) is 7.43. The standard InChI is InChI=1S/C29H44N2O5/c1-18(2)14-24(31-26(33)35-27(3,4)5)29(25(32)34-28(6,7)36-29)17-23-22-16-20(11-10-19-8-9-19)15-21(22)12-13-30-23/h12-13,18-20,24H,8-11,14-17H2,1-7H3,(H,31,33)/t20-,24-,29+/m0/s1. The number of alkyl carbamates (subject to hydrolysis) is 1. The molecule has 4 rings (SSSR count). The van der Waals surface area contributed by atoms with Gasteiger partial charge in [0.1, 0.15) is 5.60 Å². The number of pyridine rings is 1. The normalized spacial score (nSPS) is 26.0. The van der Waals surface area contributed by atoms with Gasteiger partial charge in [-0.15, -0.1) is 0 Å². The highest BCUT2D eigenvalue weighted by molar-refractivity contribution is 5.84. The third-order valence-electron chi connectivity index (χ3n) is 7.43. The predicted molar refractivity (Wildman–Crippen MR) is 137 cm³/mol. The molecule has 1 aromatic rings. The zero-order chi connectivity index (χ0) is 26.3. The number of nitrogens with one attached hydrogen (secondary N) is 1. The number of rotatable bonds is 9. The summed E-state index contributed by atoms with van der Waals surface area (Å²) in [5.41, 5.74) is 1.38. The van der Waals surface area contributed by atoms with Crippen LogP contribution >= 0.6 is 0 Å². The molecule has 3 atom stereocenters. The van der Waals surface area contributed by atoms with Crippen molar-refractivity contribution in [1.29, 1.82) is 0 Å². The number of hydrogen-bond acceptors (Lipinski definition) is 6. The minimum Gasteiger partial charge on any atom is -0.444 e. The van der Waals surface area contributed by atoms with Crippen LogP contribution in [0.5, 0.6) is 0 Å². The van der Waals surface area contributed by atoms with E-state index in [9.17, 15) is 9.59 Å². The van der Waals surface area contributed by atoms with Crippen molar-refractivity contribution in [3.05, 3.63) is 29.1 Å². The van der Waals surface area contributed by atoms with Gasteiger partial charge in [-0.25, -0.2) is 9.59 Å². The van der Waals surface area contributed by atoms with Crippen molar-refractivity contribution in [2.24, 2.45) is 17.8 Å². The first-order chi connectivity index (χ1) is 16.8. The Balaban J connectivity index is 1.63. The minimum absolute atomic E-state index is 0.197. The summed E-state index contributed by atoms with van der Waals surface area (Å²) in [4.78, 5) is 31.2. The van der Waals surface area contributed by atoms with Crippen LogP contribution in [-0.4, -0.2) is 40.1 Å². The smallest absolute Gasteiger partial charge is 0.407 e. The molecule has 2 heterocycles. The molecule has 0 radical (unpaired) electrons. The molecule has 0 bridgehead atoms. The first kappa shape index (κ1) is 26.9. The van der Waals surface area contributed by atoms with Crippen molar-refractivity contribution in [2.45, 2.75) is 123 Å². The van der Waals surface area contributed by atoms with Crippen molar-refractivity contribution in [3.63, 3.8) is 0 Å². The minimum atomic E-state index is -1.39. The van der Waals surface area contributed by atoms with Crippen LogP contribution in [0.4, 0.5) is 4.79 Å². The molecule has 36 heavy (non-hydrogen) atoms. The van der Waals surface area contributed by atoms with E-state index in [0.29, 0.717) is 12.3 Å². The average molecular weight is 501 g/mol. The molecule has 7 heteroatoms. The zero-order valence-corrected chi connectivity index (χ0v) is 23.1. The number of aromatic nitrogens is 1. The molecule has 0 spiro atoms. The van der Waals surface area contributed by atoms with Crippen LogP contribution in [0, 0.1) is 17.8 Å². The van der Waals surface area contributed by atoms with Crippen LogP contribution in [-0.2, 0) is 38.3 Å². The van der Waals surface area contributed by atoms with E-state index >= 15 is 0 Å². The Morgan fingerprint density at radius 3 is 2.47 bits per heavy atom. The summed E-state index contributed by atoms with van der Waals surface area (Å²) in [7, 11) is 0. The first-order valence-electron chi connectivity index (χ1n) is 13.6. The molecule has 0 aromatic carbocycles. The van der Waals surface area contributed by atoms with E-state index in [1.165, 1.54) is 36.8 Å². The van der Waals surface area contributed by atoms with Gasteiger partial charge >= 0.3 is 12.1 Å². The van der Waals surface area contributed by atoms with E-state index in [1.807, 2.05) is 27.0 Å². The van der Waals surface area contributed by atoms with Crippen LogP contribution in [0.3, 0.4) is 0 Å².